The van der Waals surface area contributed by atoms with E-state index in [0.29, 0.717) is 6.54 Å². The Morgan fingerprint density at radius 2 is 1.95 bits per heavy atom. The first-order chi connectivity index (χ1) is 9.76. The topological polar surface area (TPSA) is 29.1 Å². The molecule has 0 heterocycles. The molecule has 1 amide bonds. The first kappa shape index (κ1) is 13.3. The van der Waals surface area contributed by atoms with Gasteiger partial charge in [0.25, 0.3) is 5.91 Å². The molecule has 3 heteroatoms. The molecule has 1 aliphatic rings. The molecular weight excluding hydrogens is 266 g/mol. The van der Waals surface area contributed by atoms with Gasteiger partial charge in [0.05, 0.1) is 0 Å². The Hall–Kier alpha value is -1.74. The Kier molecular flexibility index (Phi) is 3.79. The average molecular weight is 283 g/mol. The lowest BCUT2D eigenvalue weighted by atomic mass is 10.2. The van der Waals surface area contributed by atoms with Gasteiger partial charge in [-0.3, -0.25) is 4.79 Å². The highest BCUT2D eigenvalue weighted by Gasteiger charge is 2.18. The summed E-state index contributed by atoms with van der Waals surface area (Å²) >= 11 is 1.83. The Labute approximate surface area is 123 Å². The highest BCUT2D eigenvalue weighted by Crippen LogP contribution is 2.28. The van der Waals surface area contributed by atoms with Gasteiger partial charge in [-0.15, -0.1) is 11.8 Å². The fourth-order valence-electron chi connectivity index (χ4n) is 2.19. The molecule has 0 aliphatic heterocycles. The lowest BCUT2D eigenvalue weighted by Gasteiger charge is -2.06. The van der Waals surface area contributed by atoms with E-state index in [-0.39, 0.29) is 5.91 Å². The highest BCUT2D eigenvalue weighted by atomic mass is 32.2. The standard InChI is InChI=1S/C17H17NOS/c1-2-20-16-7-3-12(4-8-16)11-18-17(19)14-6-5-13-9-15(13)10-14/h3-8,10H,2,9,11H2,1H3,(H,18,19). The van der Waals surface area contributed by atoms with Crippen molar-refractivity contribution in [2.75, 3.05) is 5.75 Å². The van der Waals surface area contributed by atoms with Crippen molar-refractivity contribution in [3.8, 4) is 0 Å². The second kappa shape index (κ2) is 5.71. The van der Waals surface area contributed by atoms with Crippen LogP contribution in [0.5, 0.6) is 0 Å². The number of thioether (sulfide) groups is 1. The number of rotatable bonds is 5. The van der Waals surface area contributed by atoms with Gasteiger partial charge < -0.3 is 5.32 Å². The third-order valence-corrected chi connectivity index (χ3v) is 4.31. The van der Waals surface area contributed by atoms with Crippen molar-refractivity contribution in [3.63, 3.8) is 0 Å². The van der Waals surface area contributed by atoms with Gasteiger partial charge in [0.1, 0.15) is 0 Å². The van der Waals surface area contributed by atoms with Crippen LogP contribution in [0, 0.1) is 0 Å². The quantitative estimate of drug-likeness (QED) is 0.724. The zero-order chi connectivity index (χ0) is 13.9. The summed E-state index contributed by atoms with van der Waals surface area (Å²) in [7, 11) is 0. The molecule has 2 aromatic rings. The molecule has 0 atom stereocenters. The first-order valence-electron chi connectivity index (χ1n) is 6.88. The van der Waals surface area contributed by atoms with E-state index in [1.165, 1.54) is 16.0 Å². The Morgan fingerprint density at radius 3 is 2.65 bits per heavy atom. The van der Waals surface area contributed by atoms with Crippen LogP contribution in [0.15, 0.2) is 47.4 Å². The van der Waals surface area contributed by atoms with Gasteiger partial charge in [-0.25, -0.2) is 0 Å². The van der Waals surface area contributed by atoms with Crippen LogP contribution < -0.4 is 5.32 Å². The van der Waals surface area contributed by atoms with E-state index >= 15 is 0 Å². The van der Waals surface area contributed by atoms with Gasteiger partial charge >= 0.3 is 0 Å². The number of hydrogen-bond donors (Lipinski definition) is 1. The molecule has 0 unspecified atom stereocenters. The third kappa shape index (κ3) is 3.05. The average Bonchev–Trinajstić information content (AvgIpc) is 3.25. The van der Waals surface area contributed by atoms with E-state index in [2.05, 4.69) is 36.5 Å². The minimum atomic E-state index is 0.00621. The Morgan fingerprint density at radius 1 is 1.15 bits per heavy atom. The van der Waals surface area contributed by atoms with Crippen molar-refractivity contribution < 1.29 is 4.79 Å². The maximum absolute atomic E-state index is 12.0. The number of nitrogens with one attached hydrogen (secondary N) is 1. The van der Waals surface area contributed by atoms with E-state index in [0.717, 1.165) is 23.3 Å². The predicted octanol–water partition coefficient (Wildman–Crippen LogP) is 3.63. The van der Waals surface area contributed by atoms with Crippen LogP contribution in [0.1, 0.15) is 34.0 Å². The van der Waals surface area contributed by atoms with Crippen LogP contribution in [-0.2, 0) is 13.0 Å². The molecule has 0 spiro atoms. The summed E-state index contributed by atoms with van der Waals surface area (Å²) in [5.41, 5.74) is 4.56. The van der Waals surface area contributed by atoms with Gasteiger partial charge in [0.15, 0.2) is 0 Å². The summed E-state index contributed by atoms with van der Waals surface area (Å²) in [4.78, 5) is 13.3. The molecule has 0 fully saturated rings. The minimum Gasteiger partial charge on any atom is -0.348 e. The van der Waals surface area contributed by atoms with Crippen LogP contribution in [0.25, 0.3) is 0 Å². The molecule has 20 heavy (non-hydrogen) atoms. The fourth-order valence-corrected chi connectivity index (χ4v) is 2.85. The van der Waals surface area contributed by atoms with Crippen molar-refractivity contribution in [2.45, 2.75) is 24.8 Å². The van der Waals surface area contributed by atoms with E-state index in [4.69, 9.17) is 0 Å². The molecule has 102 valence electrons. The van der Waals surface area contributed by atoms with Crippen LogP contribution in [-0.4, -0.2) is 11.7 Å². The monoisotopic (exact) mass is 283 g/mol. The van der Waals surface area contributed by atoms with Gasteiger partial charge in [0.2, 0.25) is 0 Å². The number of fused-ring (bicyclic) bond motifs is 1. The Balaban J connectivity index is 1.57. The van der Waals surface area contributed by atoms with Gasteiger partial charge in [-0.2, -0.15) is 0 Å². The van der Waals surface area contributed by atoms with Crippen LogP contribution in [0.4, 0.5) is 0 Å². The molecule has 2 aromatic carbocycles. The van der Waals surface area contributed by atoms with Crippen LogP contribution in [0.3, 0.4) is 0 Å². The van der Waals surface area contributed by atoms with Crippen LogP contribution in [0.2, 0.25) is 0 Å². The molecule has 0 radical (unpaired) electrons. The summed E-state index contributed by atoms with van der Waals surface area (Å²) in [6, 6.07) is 14.3. The summed E-state index contributed by atoms with van der Waals surface area (Å²) in [6.07, 6.45) is 1.05. The van der Waals surface area contributed by atoms with Crippen molar-refractivity contribution in [2.24, 2.45) is 0 Å². The summed E-state index contributed by atoms with van der Waals surface area (Å²) in [6.45, 7) is 2.72. The smallest absolute Gasteiger partial charge is 0.251 e. The maximum atomic E-state index is 12.0. The van der Waals surface area contributed by atoms with E-state index in [1.54, 1.807) is 0 Å². The zero-order valence-corrected chi connectivity index (χ0v) is 12.3. The molecule has 0 aromatic heterocycles. The largest absolute Gasteiger partial charge is 0.348 e. The maximum Gasteiger partial charge on any atom is 0.251 e. The van der Waals surface area contributed by atoms with Crippen LogP contribution >= 0.6 is 11.8 Å². The lowest BCUT2D eigenvalue weighted by Crippen LogP contribution is -2.22. The number of amides is 1. The SMILES string of the molecule is CCSc1ccc(CNC(=O)c2ccc3c(c2)C3)cc1. The second-order valence-corrected chi connectivity index (χ2v) is 6.26. The predicted molar refractivity (Wildman–Crippen MR) is 83.3 cm³/mol. The van der Waals surface area contributed by atoms with E-state index in [1.807, 2.05) is 30.0 Å². The molecule has 1 N–H and O–H groups in total. The zero-order valence-electron chi connectivity index (χ0n) is 11.5. The third-order valence-electron chi connectivity index (χ3n) is 3.41. The molecule has 0 saturated carbocycles. The minimum absolute atomic E-state index is 0.00621. The van der Waals surface area contributed by atoms with Crippen molar-refractivity contribution in [1.82, 2.24) is 5.32 Å². The molecule has 0 bridgehead atoms. The van der Waals surface area contributed by atoms with Gasteiger partial charge in [-0.1, -0.05) is 25.1 Å². The number of benzene rings is 2. The molecular formula is C17H17NOS. The van der Waals surface area contributed by atoms with Crippen molar-refractivity contribution in [1.29, 1.82) is 0 Å². The summed E-state index contributed by atoms with van der Waals surface area (Å²) in [5, 5.41) is 2.97. The highest BCUT2D eigenvalue weighted by molar-refractivity contribution is 7.99. The van der Waals surface area contributed by atoms with Crippen molar-refractivity contribution in [3.05, 3.63) is 64.7 Å². The lowest BCUT2D eigenvalue weighted by molar-refractivity contribution is 0.0951. The fraction of sp³-hybridized carbons (Fsp3) is 0.235. The van der Waals surface area contributed by atoms with E-state index in [9.17, 15) is 4.79 Å². The van der Waals surface area contributed by atoms with Gasteiger partial charge in [-0.05, 0) is 53.1 Å². The molecule has 3 rings (SSSR count). The van der Waals surface area contributed by atoms with E-state index < -0.39 is 0 Å². The number of hydrogen-bond acceptors (Lipinski definition) is 2. The number of carbonyl (C=O) groups excluding carboxylic acids is 1. The Bertz CT molecular complexity index is 634. The molecule has 1 aliphatic carbocycles. The number of carbonyl (C=O) groups is 1. The molecule has 0 saturated heterocycles. The molecule has 2 nitrogen and oxygen atoms in total. The summed E-state index contributed by atoms with van der Waals surface area (Å²) in [5.74, 6) is 1.08. The van der Waals surface area contributed by atoms with Crippen molar-refractivity contribution >= 4 is 17.7 Å². The normalized spacial score (nSPS) is 11.8. The first-order valence-corrected chi connectivity index (χ1v) is 7.86. The second-order valence-electron chi connectivity index (χ2n) is 4.92. The summed E-state index contributed by atoms with van der Waals surface area (Å²) < 4.78 is 0. The van der Waals surface area contributed by atoms with Gasteiger partial charge in [0, 0.05) is 17.0 Å².